The Balaban J connectivity index is 1.34. The smallest absolute Gasteiger partial charge is 0.148 e. The third-order valence-corrected chi connectivity index (χ3v) is 6.03. The van der Waals surface area contributed by atoms with Crippen LogP contribution in [0.25, 0.3) is 27.9 Å². The minimum atomic E-state index is 0.233. The molecule has 3 heterocycles. The lowest BCUT2D eigenvalue weighted by molar-refractivity contribution is 0.357. The fraction of sp³-hybridized carbons (Fsp3) is 0.214. The molecule has 0 amide bonds. The predicted octanol–water partition coefficient (Wildman–Crippen LogP) is 5.06. The van der Waals surface area contributed by atoms with Crippen molar-refractivity contribution in [2.75, 3.05) is 20.3 Å². The summed E-state index contributed by atoms with van der Waals surface area (Å²) in [7, 11) is 1.66. The Kier molecular flexibility index (Phi) is 5.80. The first-order chi connectivity index (χ1) is 16.5. The Morgan fingerprint density at radius 2 is 2.00 bits per heavy atom. The van der Waals surface area contributed by atoms with Gasteiger partial charge in [0.25, 0.3) is 0 Å². The molecule has 6 heteroatoms. The second kappa shape index (κ2) is 9.06. The molecule has 0 fully saturated rings. The molecule has 172 valence electrons. The van der Waals surface area contributed by atoms with E-state index in [4.69, 9.17) is 14.5 Å². The van der Waals surface area contributed by atoms with Crippen molar-refractivity contribution in [2.45, 2.75) is 19.8 Å². The summed E-state index contributed by atoms with van der Waals surface area (Å²) < 4.78 is 11.4. The molecule has 4 aromatic rings. The summed E-state index contributed by atoms with van der Waals surface area (Å²) in [5.41, 5.74) is 7.66. The van der Waals surface area contributed by atoms with Crippen molar-refractivity contribution >= 4 is 16.6 Å². The summed E-state index contributed by atoms with van der Waals surface area (Å²) in [6.45, 7) is 7.62. The number of ether oxygens (including phenoxy) is 2. The van der Waals surface area contributed by atoms with Gasteiger partial charge in [-0.05, 0) is 61.0 Å². The van der Waals surface area contributed by atoms with Crippen molar-refractivity contribution in [3.63, 3.8) is 0 Å². The number of fused-ring (bicyclic) bond motifs is 2. The van der Waals surface area contributed by atoms with Crippen molar-refractivity contribution in [1.82, 2.24) is 15.3 Å². The quantitative estimate of drug-likeness (QED) is 0.408. The van der Waals surface area contributed by atoms with E-state index in [1.54, 1.807) is 19.2 Å². The zero-order chi connectivity index (χ0) is 23.7. The number of benzene rings is 2. The standard InChI is InChI=1S/C28H27N3O3/c1-17-12-22-13-21(15-25(33-3)26(22)30-16-17)18(2)29-10-8-23-14-20-9-11-34-28(20)27(31-23)19-4-6-24(32)7-5-19/h4-7,12-16,29,32H,2,8-11H2,1,3H3. The van der Waals surface area contributed by atoms with E-state index in [-0.39, 0.29) is 5.75 Å². The van der Waals surface area contributed by atoms with Gasteiger partial charge in [-0.1, -0.05) is 6.58 Å². The monoisotopic (exact) mass is 453 g/mol. The summed E-state index contributed by atoms with van der Waals surface area (Å²) in [4.78, 5) is 9.40. The predicted molar refractivity (Wildman–Crippen MR) is 134 cm³/mol. The summed E-state index contributed by atoms with van der Waals surface area (Å²) in [5, 5.41) is 14.1. The number of aromatic nitrogens is 2. The van der Waals surface area contributed by atoms with E-state index in [1.807, 2.05) is 31.3 Å². The van der Waals surface area contributed by atoms with Crippen molar-refractivity contribution in [3.05, 3.63) is 83.7 Å². The number of nitrogens with one attached hydrogen (secondary N) is 1. The number of phenolic OH excluding ortho intramolecular Hbond substituents is 1. The first-order valence-electron chi connectivity index (χ1n) is 11.3. The molecule has 2 N–H and O–H groups in total. The first-order valence-corrected chi connectivity index (χ1v) is 11.3. The van der Waals surface area contributed by atoms with Crippen LogP contribution in [0.1, 0.15) is 22.4 Å². The van der Waals surface area contributed by atoms with Gasteiger partial charge in [-0.2, -0.15) is 0 Å². The molecule has 6 nitrogen and oxygen atoms in total. The lowest BCUT2D eigenvalue weighted by Gasteiger charge is -2.14. The fourth-order valence-corrected chi connectivity index (χ4v) is 4.30. The van der Waals surface area contributed by atoms with Crippen LogP contribution in [0.2, 0.25) is 0 Å². The van der Waals surface area contributed by atoms with E-state index in [2.05, 4.69) is 35.1 Å². The van der Waals surface area contributed by atoms with Gasteiger partial charge in [-0.15, -0.1) is 0 Å². The molecular weight excluding hydrogens is 426 g/mol. The third kappa shape index (κ3) is 4.27. The third-order valence-electron chi connectivity index (χ3n) is 6.03. The number of methoxy groups -OCH3 is 1. The van der Waals surface area contributed by atoms with Crippen LogP contribution in [0.5, 0.6) is 17.2 Å². The highest BCUT2D eigenvalue weighted by atomic mass is 16.5. The molecular formula is C28H27N3O3. The highest BCUT2D eigenvalue weighted by Gasteiger charge is 2.20. The van der Waals surface area contributed by atoms with Gasteiger partial charge < -0.3 is 19.9 Å². The second-order valence-electron chi connectivity index (χ2n) is 8.51. The second-order valence-corrected chi connectivity index (χ2v) is 8.51. The average molecular weight is 454 g/mol. The van der Waals surface area contributed by atoms with Gasteiger partial charge in [0.05, 0.1) is 13.7 Å². The topological polar surface area (TPSA) is 76.5 Å². The molecule has 0 atom stereocenters. The van der Waals surface area contributed by atoms with Crippen molar-refractivity contribution in [1.29, 1.82) is 0 Å². The summed E-state index contributed by atoms with van der Waals surface area (Å²) in [5.74, 6) is 1.81. The molecule has 2 aromatic heterocycles. The molecule has 0 bridgehead atoms. The van der Waals surface area contributed by atoms with E-state index in [0.717, 1.165) is 69.0 Å². The van der Waals surface area contributed by atoms with Crippen LogP contribution < -0.4 is 14.8 Å². The number of hydrogen-bond donors (Lipinski definition) is 2. The highest BCUT2D eigenvalue weighted by Crippen LogP contribution is 2.36. The van der Waals surface area contributed by atoms with Gasteiger partial charge in [-0.3, -0.25) is 4.98 Å². The van der Waals surface area contributed by atoms with Crippen LogP contribution in [0.15, 0.2) is 61.3 Å². The van der Waals surface area contributed by atoms with Crippen LogP contribution in [-0.4, -0.2) is 35.3 Å². The number of aryl methyl sites for hydroxylation is 1. The number of nitrogens with zero attached hydrogens (tertiary/aromatic N) is 2. The largest absolute Gasteiger partial charge is 0.508 e. The van der Waals surface area contributed by atoms with Gasteiger partial charge in [0.1, 0.15) is 28.5 Å². The van der Waals surface area contributed by atoms with Crippen LogP contribution >= 0.6 is 0 Å². The molecule has 0 saturated heterocycles. The molecule has 0 saturated carbocycles. The normalized spacial score (nSPS) is 12.3. The molecule has 5 rings (SSSR count). The molecule has 0 spiro atoms. The zero-order valence-electron chi connectivity index (χ0n) is 19.4. The summed E-state index contributed by atoms with van der Waals surface area (Å²) in [6, 6.07) is 15.4. The lowest BCUT2D eigenvalue weighted by atomic mass is 10.0. The first kappa shape index (κ1) is 21.8. The van der Waals surface area contributed by atoms with E-state index in [9.17, 15) is 5.11 Å². The molecule has 0 radical (unpaired) electrons. The minimum Gasteiger partial charge on any atom is -0.508 e. The Labute approximate surface area is 198 Å². The van der Waals surface area contributed by atoms with E-state index in [1.165, 1.54) is 5.56 Å². The summed E-state index contributed by atoms with van der Waals surface area (Å²) >= 11 is 0. The molecule has 0 aliphatic carbocycles. The Morgan fingerprint density at radius 3 is 2.79 bits per heavy atom. The van der Waals surface area contributed by atoms with Crippen LogP contribution in [0.3, 0.4) is 0 Å². The van der Waals surface area contributed by atoms with Crippen LogP contribution in [0.4, 0.5) is 0 Å². The van der Waals surface area contributed by atoms with E-state index < -0.39 is 0 Å². The molecule has 0 unspecified atom stereocenters. The number of pyridine rings is 2. The fourth-order valence-electron chi connectivity index (χ4n) is 4.30. The highest BCUT2D eigenvalue weighted by molar-refractivity contribution is 5.88. The van der Waals surface area contributed by atoms with Crippen molar-refractivity contribution in [2.24, 2.45) is 0 Å². The van der Waals surface area contributed by atoms with Crippen LogP contribution in [0, 0.1) is 6.92 Å². The maximum absolute atomic E-state index is 9.64. The molecule has 34 heavy (non-hydrogen) atoms. The maximum atomic E-state index is 9.64. The van der Waals surface area contributed by atoms with Crippen LogP contribution in [-0.2, 0) is 12.8 Å². The molecule has 1 aliphatic rings. The lowest BCUT2D eigenvalue weighted by Crippen LogP contribution is -2.16. The number of phenols is 1. The Hall–Kier alpha value is -4.06. The number of aromatic hydroxyl groups is 1. The maximum Gasteiger partial charge on any atom is 0.148 e. The van der Waals surface area contributed by atoms with Gasteiger partial charge in [0, 0.05) is 59.1 Å². The average Bonchev–Trinajstić information content (AvgIpc) is 3.32. The molecule has 1 aliphatic heterocycles. The molecule has 2 aromatic carbocycles. The van der Waals surface area contributed by atoms with Gasteiger partial charge >= 0.3 is 0 Å². The van der Waals surface area contributed by atoms with Crippen molar-refractivity contribution < 1.29 is 14.6 Å². The Morgan fingerprint density at radius 1 is 1.18 bits per heavy atom. The van der Waals surface area contributed by atoms with E-state index >= 15 is 0 Å². The van der Waals surface area contributed by atoms with Gasteiger partial charge in [0.2, 0.25) is 0 Å². The minimum absolute atomic E-state index is 0.233. The number of rotatable bonds is 7. The van der Waals surface area contributed by atoms with Crippen molar-refractivity contribution in [3.8, 4) is 28.5 Å². The SMILES string of the molecule is C=C(NCCc1cc2c(c(-c3ccc(O)cc3)n1)OCC2)c1cc(OC)c2ncc(C)cc2c1. The zero-order valence-corrected chi connectivity index (χ0v) is 19.4. The van der Waals surface area contributed by atoms with Gasteiger partial charge in [-0.25, -0.2) is 4.98 Å². The Bertz CT molecular complexity index is 1380. The summed E-state index contributed by atoms with van der Waals surface area (Å²) in [6.07, 6.45) is 3.46. The van der Waals surface area contributed by atoms with Gasteiger partial charge in [0.15, 0.2) is 0 Å². The number of hydrogen-bond acceptors (Lipinski definition) is 6. The van der Waals surface area contributed by atoms with E-state index in [0.29, 0.717) is 13.2 Å².